The van der Waals surface area contributed by atoms with Gasteiger partial charge >= 0.3 is 0 Å². The summed E-state index contributed by atoms with van der Waals surface area (Å²) in [5, 5.41) is 1.10. The molecule has 6 nitrogen and oxygen atoms in total. The molecule has 0 atom stereocenters. The normalized spacial score (nSPS) is 10.3. The van der Waals surface area contributed by atoms with Gasteiger partial charge in [-0.1, -0.05) is 0 Å². The highest BCUT2D eigenvalue weighted by Gasteiger charge is 2.05. The first-order valence-corrected chi connectivity index (χ1v) is 4.53. The number of nitrogens with two attached hydrogens (primary N) is 2. The highest BCUT2D eigenvalue weighted by atomic mass is 32.2. The molecule has 0 aliphatic heterocycles. The first-order valence-electron chi connectivity index (χ1n) is 3.71. The predicted octanol–water partition coefficient (Wildman–Crippen LogP) is 0.780. The van der Waals surface area contributed by atoms with Gasteiger partial charge in [-0.3, -0.25) is 0 Å². The quantitative estimate of drug-likeness (QED) is 0.704. The van der Waals surface area contributed by atoms with E-state index < -0.39 is 0 Å². The molecule has 14 heavy (non-hydrogen) atoms. The second-order valence-corrected chi connectivity index (χ2v) is 3.36. The molecule has 0 saturated carbocycles. The Morgan fingerprint density at radius 3 is 2.79 bits per heavy atom. The zero-order valence-corrected chi connectivity index (χ0v) is 7.86. The molecule has 0 radical (unpaired) electrons. The molecule has 2 aromatic heterocycles. The van der Waals surface area contributed by atoms with Crippen molar-refractivity contribution in [2.75, 3.05) is 11.5 Å². The highest BCUT2D eigenvalue weighted by molar-refractivity contribution is 7.99. The van der Waals surface area contributed by atoms with Gasteiger partial charge in [0.05, 0.1) is 6.20 Å². The van der Waals surface area contributed by atoms with Gasteiger partial charge in [0.2, 0.25) is 5.95 Å². The SMILES string of the molecule is Nc1cc(Sc2ncco2)nc(N)n1. The average molecular weight is 209 g/mol. The van der Waals surface area contributed by atoms with E-state index in [1.165, 1.54) is 18.0 Å². The van der Waals surface area contributed by atoms with Crippen molar-refractivity contribution in [3.8, 4) is 0 Å². The molecule has 0 bridgehead atoms. The van der Waals surface area contributed by atoms with Crippen molar-refractivity contribution in [3.63, 3.8) is 0 Å². The van der Waals surface area contributed by atoms with E-state index >= 15 is 0 Å². The summed E-state index contributed by atoms with van der Waals surface area (Å²) in [6.45, 7) is 0. The van der Waals surface area contributed by atoms with Gasteiger partial charge in [0.1, 0.15) is 17.1 Å². The molecule has 0 amide bonds. The number of hydrogen-bond acceptors (Lipinski definition) is 7. The maximum absolute atomic E-state index is 5.49. The Kier molecular flexibility index (Phi) is 2.23. The average Bonchev–Trinajstić information content (AvgIpc) is 2.54. The summed E-state index contributed by atoms with van der Waals surface area (Å²) in [5.41, 5.74) is 10.9. The Morgan fingerprint density at radius 1 is 1.29 bits per heavy atom. The van der Waals surface area contributed by atoms with E-state index in [9.17, 15) is 0 Å². The van der Waals surface area contributed by atoms with Crippen LogP contribution in [0, 0.1) is 0 Å². The second-order valence-electron chi connectivity index (χ2n) is 2.39. The van der Waals surface area contributed by atoms with Crippen LogP contribution in [0.4, 0.5) is 11.8 Å². The fourth-order valence-electron chi connectivity index (χ4n) is 0.864. The van der Waals surface area contributed by atoms with Crippen molar-refractivity contribution in [1.29, 1.82) is 0 Å². The Balaban J connectivity index is 2.25. The number of oxazole rings is 1. The number of hydrogen-bond donors (Lipinski definition) is 2. The Hall–Kier alpha value is -1.76. The topological polar surface area (TPSA) is 104 Å². The van der Waals surface area contributed by atoms with Crippen LogP contribution in [0.25, 0.3) is 0 Å². The summed E-state index contributed by atoms with van der Waals surface area (Å²) >= 11 is 1.23. The molecule has 4 N–H and O–H groups in total. The molecule has 0 saturated heterocycles. The summed E-state index contributed by atoms with van der Waals surface area (Å²) in [5.74, 6) is 0.464. The third kappa shape index (κ3) is 1.94. The lowest BCUT2D eigenvalue weighted by Crippen LogP contribution is -1.99. The minimum atomic E-state index is 0.138. The largest absolute Gasteiger partial charge is 0.440 e. The van der Waals surface area contributed by atoms with Crippen LogP contribution in [0.5, 0.6) is 0 Å². The zero-order chi connectivity index (χ0) is 9.97. The van der Waals surface area contributed by atoms with Crippen molar-refractivity contribution in [2.45, 2.75) is 10.2 Å². The molecule has 2 rings (SSSR count). The van der Waals surface area contributed by atoms with Crippen LogP contribution in [0.15, 0.2) is 33.2 Å². The molecule has 0 fully saturated rings. The smallest absolute Gasteiger partial charge is 0.261 e. The van der Waals surface area contributed by atoms with E-state index in [0.717, 1.165) is 0 Å². The third-order valence-electron chi connectivity index (χ3n) is 1.34. The maximum atomic E-state index is 5.49. The summed E-state index contributed by atoms with van der Waals surface area (Å²) in [6.07, 6.45) is 3.03. The molecule has 0 aliphatic carbocycles. The van der Waals surface area contributed by atoms with Gasteiger partial charge in [-0.05, 0) is 11.8 Å². The van der Waals surface area contributed by atoms with E-state index in [0.29, 0.717) is 16.1 Å². The summed E-state index contributed by atoms with van der Waals surface area (Å²) in [6, 6.07) is 1.60. The van der Waals surface area contributed by atoms with Crippen LogP contribution in [0.2, 0.25) is 0 Å². The lowest BCUT2D eigenvalue weighted by Gasteiger charge is -1.98. The number of nitrogens with zero attached hydrogens (tertiary/aromatic N) is 3. The molecular formula is C7H7N5OS. The summed E-state index contributed by atoms with van der Waals surface area (Å²) in [7, 11) is 0. The third-order valence-corrected chi connectivity index (χ3v) is 2.14. The lowest BCUT2D eigenvalue weighted by atomic mass is 10.6. The molecule has 0 aliphatic rings. The molecule has 7 heteroatoms. The van der Waals surface area contributed by atoms with Gasteiger partial charge in [0, 0.05) is 6.07 Å². The van der Waals surface area contributed by atoms with Crippen molar-refractivity contribution in [1.82, 2.24) is 15.0 Å². The molecule has 2 aromatic rings. The van der Waals surface area contributed by atoms with Crippen molar-refractivity contribution >= 4 is 23.5 Å². The first kappa shape index (κ1) is 8.82. The van der Waals surface area contributed by atoms with Gasteiger partial charge in [0.15, 0.2) is 0 Å². The standard InChI is InChI=1S/C7H7N5OS/c8-4-3-5(12-6(9)11-4)14-7-10-1-2-13-7/h1-3H,(H4,8,9,11,12). The van der Waals surface area contributed by atoms with Crippen LogP contribution in [0.1, 0.15) is 0 Å². The Labute approximate surface area is 83.7 Å². The zero-order valence-electron chi connectivity index (χ0n) is 7.04. The first-order chi connectivity index (χ1) is 6.74. The Bertz CT molecular complexity index is 409. The monoisotopic (exact) mass is 209 g/mol. The maximum Gasteiger partial charge on any atom is 0.261 e. The van der Waals surface area contributed by atoms with Gasteiger partial charge < -0.3 is 15.9 Å². The number of nitrogen functional groups attached to an aromatic ring is 2. The van der Waals surface area contributed by atoms with Crippen molar-refractivity contribution in [3.05, 3.63) is 18.5 Å². The van der Waals surface area contributed by atoms with E-state index in [-0.39, 0.29) is 5.95 Å². The van der Waals surface area contributed by atoms with Gasteiger partial charge in [-0.15, -0.1) is 0 Å². The van der Waals surface area contributed by atoms with Crippen LogP contribution < -0.4 is 11.5 Å². The molecule has 0 unspecified atom stereocenters. The minimum Gasteiger partial charge on any atom is -0.440 e. The molecule has 0 spiro atoms. The summed E-state index contributed by atoms with van der Waals surface area (Å²) in [4.78, 5) is 11.6. The minimum absolute atomic E-state index is 0.138. The fourth-order valence-corrected chi connectivity index (χ4v) is 1.58. The van der Waals surface area contributed by atoms with Crippen molar-refractivity contribution in [2.24, 2.45) is 0 Å². The van der Waals surface area contributed by atoms with Crippen LogP contribution >= 0.6 is 11.8 Å². The molecule has 0 aromatic carbocycles. The van der Waals surface area contributed by atoms with Crippen molar-refractivity contribution < 1.29 is 4.42 Å². The number of aromatic nitrogens is 3. The highest BCUT2D eigenvalue weighted by Crippen LogP contribution is 2.25. The molecule has 72 valence electrons. The van der Waals surface area contributed by atoms with Gasteiger partial charge in [0.25, 0.3) is 5.22 Å². The van der Waals surface area contributed by atoms with Crippen LogP contribution in [-0.4, -0.2) is 15.0 Å². The van der Waals surface area contributed by atoms with E-state index in [4.69, 9.17) is 15.9 Å². The van der Waals surface area contributed by atoms with E-state index in [2.05, 4.69) is 15.0 Å². The lowest BCUT2D eigenvalue weighted by molar-refractivity contribution is 0.454. The molecular weight excluding hydrogens is 202 g/mol. The summed E-state index contributed by atoms with van der Waals surface area (Å²) < 4.78 is 5.03. The van der Waals surface area contributed by atoms with Crippen LogP contribution in [-0.2, 0) is 0 Å². The van der Waals surface area contributed by atoms with E-state index in [1.54, 1.807) is 12.3 Å². The number of rotatable bonds is 2. The van der Waals surface area contributed by atoms with Gasteiger partial charge in [-0.2, -0.15) is 4.98 Å². The van der Waals surface area contributed by atoms with Crippen LogP contribution in [0.3, 0.4) is 0 Å². The fraction of sp³-hybridized carbons (Fsp3) is 0. The second kappa shape index (κ2) is 3.54. The van der Waals surface area contributed by atoms with Gasteiger partial charge in [-0.25, -0.2) is 9.97 Å². The van der Waals surface area contributed by atoms with E-state index in [1.807, 2.05) is 0 Å². The number of anilines is 2. The predicted molar refractivity (Wildman–Crippen MR) is 51.5 cm³/mol. The molecule has 2 heterocycles. The Morgan fingerprint density at radius 2 is 2.14 bits per heavy atom.